The van der Waals surface area contributed by atoms with Gasteiger partial charge in [-0.15, -0.1) is 0 Å². The van der Waals surface area contributed by atoms with Gasteiger partial charge in [-0.1, -0.05) is 24.6 Å². The number of hydrogen-bond donors (Lipinski definition) is 2. The van der Waals surface area contributed by atoms with E-state index in [1.54, 1.807) is 6.20 Å². The maximum atomic E-state index is 12.1. The van der Waals surface area contributed by atoms with Gasteiger partial charge in [0.15, 0.2) is 0 Å². The Morgan fingerprint density at radius 1 is 1.33 bits per heavy atom. The summed E-state index contributed by atoms with van der Waals surface area (Å²) in [5.74, 6) is 0.0293. The van der Waals surface area contributed by atoms with Crippen LogP contribution >= 0.6 is 0 Å². The van der Waals surface area contributed by atoms with E-state index in [0.29, 0.717) is 6.54 Å². The zero-order valence-electron chi connectivity index (χ0n) is 11.9. The summed E-state index contributed by atoms with van der Waals surface area (Å²) in [6.45, 7) is 0.495. The van der Waals surface area contributed by atoms with Gasteiger partial charge in [0.2, 0.25) is 5.91 Å². The van der Waals surface area contributed by atoms with Crippen LogP contribution in [0.5, 0.6) is 0 Å². The van der Waals surface area contributed by atoms with Gasteiger partial charge in [0.1, 0.15) is 0 Å². The molecule has 5 heteroatoms. The van der Waals surface area contributed by atoms with Crippen molar-refractivity contribution in [1.82, 2.24) is 15.1 Å². The standard InChI is InChI=1S/C16H20N4O/c17-15-8-4-7-14(15)16(21)18-9-12-10-19-20(11-12)13-5-2-1-3-6-13/h1-3,5-6,10-11,14-15H,4,7-9,17H2,(H,18,21). The quantitative estimate of drug-likeness (QED) is 0.896. The Hall–Kier alpha value is -2.14. The van der Waals surface area contributed by atoms with Crippen molar-refractivity contribution in [2.75, 3.05) is 0 Å². The second kappa shape index (κ2) is 6.10. The van der Waals surface area contributed by atoms with Crippen LogP contribution in [0.3, 0.4) is 0 Å². The molecule has 1 amide bonds. The molecule has 0 radical (unpaired) electrons. The topological polar surface area (TPSA) is 72.9 Å². The number of carbonyl (C=O) groups excluding carboxylic acids is 1. The second-order valence-corrected chi connectivity index (χ2v) is 5.55. The third-order valence-electron chi connectivity index (χ3n) is 4.03. The minimum Gasteiger partial charge on any atom is -0.352 e. The molecular formula is C16H20N4O. The van der Waals surface area contributed by atoms with Gasteiger partial charge in [0.05, 0.1) is 17.8 Å². The molecule has 0 saturated heterocycles. The lowest BCUT2D eigenvalue weighted by atomic mass is 10.0. The summed E-state index contributed by atoms with van der Waals surface area (Å²) >= 11 is 0. The van der Waals surface area contributed by atoms with E-state index in [-0.39, 0.29) is 17.9 Å². The number of nitrogens with one attached hydrogen (secondary N) is 1. The van der Waals surface area contributed by atoms with Gasteiger partial charge in [0.25, 0.3) is 0 Å². The molecule has 1 saturated carbocycles. The SMILES string of the molecule is NC1CCCC1C(=O)NCc1cnn(-c2ccccc2)c1. The largest absolute Gasteiger partial charge is 0.352 e. The zero-order valence-corrected chi connectivity index (χ0v) is 11.9. The van der Waals surface area contributed by atoms with Gasteiger partial charge >= 0.3 is 0 Å². The van der Waals surface area contributed by atoms with Crippen LogP contribution < -0.4 is 11.1 Å². The highest BCUT2D eigenvalue weighted by molar-refractivity contribution is 5.79. The number of carbonyl (C=O) groups is 1. The predicted octanol–water partition coefficient (Wildman–Crippen LogP) is 1.62. The van der Waals surface area contributed by atoms with Crippen LogP contribution in [0.1, 0.15) is 24.8 Å². The summed E-state index contributed by atoms with van der Waals surface area (Å²) in [6, 6.07) is 9.91. The first-order chi connectivity index (χ1) is 10.2. The number of nitrogens with two attached hydrogens (primary N) is 1. The van der Waals surface area contributed by atoms with Crippen molar-refractivity contribution in [3.63, 3.8) is 0 Å². The molecule has 1 aliphatic carbocycles. The van der Waals surface area contributed by atoms with Gasteiger partial charge in [0, 0.05) is 24.3 Å². The van der Waals surface area contributed by atoms with E-state index in [1.165, 1.54) is 0 Å². The number of aromatic nitrogens is 2. The summed E-state index contributed by atoms with van der Waals surface area (Å²) in [5.41, 5.74) is 7.94. The highest BCUT2D eigenvalue weighted by Crippen LogP contribution is 2.24. The van der Waals surface area contributed by atoms with Crippen LogP contribution in [-0.2, 0) is 11.3 Å². The molecule has 2 aromatic rings. The molecule has 1 heterocycles. The van der Waals surface area contributed by atoms with Gasteiger partial charge in [-0.25, -0.2) is 4.68 Å². The van der Waals surface area contributed by atoms with Gasteiger partial charge in [-0.2, -0.15) is 5.10 Å². The highest BCUT2D eigenvalue weighted by Gasteiger charge is 2.29. The van der Waals surface area contributed by atoms with E-state index in [0.717, 1.165) is 30.5 Å². The Kier molecular flexibility index (Phi) is 4.01. The molecule has 1 aromatic heterocycles. The molecule has 3 rings (SSSR count). The molecule has 1 aliphatic rings. The fraction of sp³-hybridized carbons (Fsp3) is 0.375. The minimum atomic E-state index is -0.0332. The highest BCUT2D eigenvalue weighted by atomic mass is 16.1. The van der Waals surface area contributed by atoms with Crippen molar-refractivity contribution in [2.24, 2.45) is 11.7 Å². The lowest BCUT2D eigenvalue weighted by molar-refractivity contribution is -0.125. The van der Waals surface area contributed by atoms with E-state index in [1.807, 2.05) is 41.2 Å². The normalized spacial score (nSPS) is 21.4. The third kappa shape index (κ3) is 3.13. The smallest absolute Gasteiger partial charge is 0.224 e. The Morgan fingerprint density at radius 2 is 2.14 bits per heavy atom. The maximum absolute atomic E-state index is 12.1. The first kappa shape index (κ1) is 13.8. The summed E-state index contributed by atoms with van der Waals surface area (Å²) in [5, 5.41) is 7.28. The fourth-order valence-electron chi connectivity index (χ4n) is 2.81. The predicted molar refractivity (Wildman–Crippen MR) is 80.7 cm³/mol. The van der Waals surface area contributed by atoms with Crippen LogP contribution in [0.25, 0.3) is 5.69 Å². The Bertz CT molecular complexity index is 608. The first-order valence-corrected chi connectivity index (χ1v) is 7.36. The van der Waals surface area contributed by atoms with E-state index in [4.69, 9.17) is 5.73 Å². The molecule has 1 aromatic carbocycles. The van der Waals surface area contributed by atoms with Crippen LogP contribution in [0.4, 0.5) is 0 Å². The number of nitrogens with zero attached hydrogens (tertiary/aromatic N) is 2. The Morgan fingerprint density at radius 3 is 2.86 bits per heavy atom. The summed E-state index contributed by atoms with van der Waals surface area (Å²) in [7, 11) is 0. The van der Waals surface area contributed by atoms with Gasteiger partial charge in [-0.05, 0) is 25.0 Å². The molecule has 5 nitrogen and oxygen atoms in total. The molecular weight excluding hydrogens is 264 g/mol. The van der Waals surface area contributed by atoms with E-state index < -0.39 is 0 Å². The molecule has 1 fully saturated rings. The lowest BCUT2D eigenvalue weighted by Gasteiger charge is -2.14. The van der Waals surface area contributed by atoms with Crippen molar-refractivity contribution in [3.05, 3.63) is 48.3 Å². The summed E-state index contributed by atoms with van der Waals surface area (Å²) in [6.07, 6.45) is 6.61. The van der Waals surface area contributed by atoms with Crippen molar-refractivity contribution in [3.8, 4) is 5.69 Å². The lowest BCUT2D eigenvalue weighted by Crippen LogP contribution is -2.38. The van der Waals surface area contributed by atoms with Crippen molar-refractivity contribution >= 4 is 5.91 Å². The first-order valence-electron chi connectivity index (χ1n) is 7.36. The van der Waals surface area contributed by atoms with E-state index >= 15 is 0 Å². The molecule has 21 heavy (non-hydrogen) atoms. The van der Waals surface area contributed by atoms with Crippen LogP contribution in [0.2, 0.25) is 0 Å². The number of benzene rings is 1. The monoisotopic (exact) mass is 284 g/mol. The maximum Gasteiger partial charge on any atom is 0.224 e. The van der Waals surface area contributed by atoms with Gasteiger partial charge in [-0.3, -0.25) is 4.79 Å². The number of amides is 1. The van der Waals surface area contributed by atoms with Crippen molar-refractivity contribution < 1.29 is 4.79 Å². The summed E-state index contributed by atoms with van der Waals surface area (Å²) in [4.78, 5) is 12.1. The number of para-hydroxylation sites is 1. The Balaban J connectivity index is 1.59. The molecule has 2 unspecified atom stereocenters. The molecule has 0 bridgehead atoms. The molecule has 0 aliphatic heterocycles. The van der Waals surface area contributed by atoms with Crippen molar-refractivity contribution in [1.29, 1.82) is 0 Å². The van der Waals surface area contributed by atoms with Gasteiger partial charge < -0.3 is 11.1 Å². The second-order valence-electron chi connectivity index (χ2n) is 5.55. The van der Waals surface area contributed by atoms with Crippen LogP contribution in [0, 0.1) is 5.92 Å². The van der Waals surface area contributed by atoms with E-state index in [2.05, 4.69) is 10.4 Å². The molecule has 0 spiro atoms. The fourth-order valence-corrected chi connectivity index (χ4v) is 2.81. The molecule has 110 valence electrons. The molecule has 3 N–H and O–H groups in total. The summed E-state index contributed by atoms with van der Waals surface area (Å²) < 4.78 is 1.81. The van der Waals surface area contributed by atoms with Crippen LogP contribution in [0.15, 0.2) is 42.7 Å². The van der Waals surface area contributed by atoms with E-state index in [9.17, 15) is 4.79 Å². The average molecular weight is 284 g/mol. The zero-order chi connectivity index (χ0) is 14.7. The minimum absolute atomic E-state index is 0.0111. The van der Waals surface area contributed by atoms with Crippen molar-refractivity contribution in [2.45, 2.75) is 31.8 Å². The Labute approximate surface area is 124 Å². The van der Waals surface area contributed by atoms with Crippen LogP contribution in [-0.4, -0.2) is 21.7 Å². The molecule has 2 atom stereocenters. The number of rotatable bonds is 4. The number of hydrogen-bond acceptors (Lipinski definition) is 3. The average Bonchev–Trinajstić information content (AvgIpc) is 3.15. The third-order valence-corrected chi connectivity index (χ3v) is 4.03.